The fourth-order valence-electron chi connectivity index (χ4n) is 2.62. The minimum atomic E-state index is -3.59. The van der Waals surface area contributed by atoms with Crippen LogP contribution in [0.15, 0.2) is 45.9 Å². The number of rotatable bonds is 4. The zero-order chi connectivity index (χ0) is 17.3. The maximum absolute atomic E-state index is 12.9. The summed E-state index contributed by atoms with van der Waals surface area (Å²) in [6, 6.07) is 8.52. The van der Waals surface area contributed by atoms with Gasteiger partial charge in [-0.25, -0.2) is 13.4 Å². The van der Waals surface area contributed by atoms with Crippen LogP contribution in [0, 0.1) is 6.92 Å². The number of pyridine rings is 1. The molecule has 0 spiro atoms. The summed E-state index contributed by atoms with van der Waals surface area (Å²) in [5, 5.41) is 0.406. The van der Waals surface area contributed by atoms with E-state index in [0.717, 1.165) is 4.47 Å². The molecule has 1 aliphatic rings. The average molecular weight is 432 g/mol. The van der Waals surface area contributed by atoms with Gasteiger partial charge in [0.25, 0.3) is 0 Å². The van der Waals surface area contributed by atoms with Gasteiger partial charge in [0.1, 0.15) is 6.10 Å². The van der Waals surface area contributed by atoms with E-state index in [0.29, 0.717) is 29.4 Å². The molecule has 5 nitrogen and oxygen atoms in total. The van der Waals surface area contributed by atoms with Crippen LogP contribution in [0.5, 0.6) is 5.88 Å². The van der Waals surface area contributed by atoms with Gasteiger partial charge in [-0.15, -0.1) is 0 Å². The number of aryl methyl sites for hydroxylation is 1. The topological polar surface area (TPSA) is 59.5 Å². The van der Waals surface area contributed by atoms with Crippen molar-refractivity contribution >= 4 is 37.6 Å². The van der Waals surface area contributed by atoms with Crippen molar-refractivity contribution in [2.75, 3.05) is 13.1 Å². The molecule has 3 rings (SSSR count). The van der Waals surface area contributed by atoms with Crippen molar-refractivity contribution in [2.24, 2.45) is 0 Å². The van der Waals surface area contributed by atoms with Crippen LogP contribution in [0.4, 0.5) is 0 Å². The predicted octanol–water partition coefficient (Wildman–Crippen LogP) is 3.65. The summed E-state index contributed by atoms with van der Waals surface area (Å²) < 4.78 is 33.7. The number of halogens is 2. The molecule has 128 valence electrons. The van der Waals surface area contributed by atoms with Gasteiger partial charge in [0, 0.05) is 17.8 Å². The van der Waals surface area contributed by atoms with Crippen LogP contribution in [-0.4, -0.2) is 36.9 Å². The standard InChI is InChI=1S/C16H16BrClN2O3S/c1-11-4-5-12(18)9-15(11)24(21,22)20-8-6-13(10-20)23-16-14(17)3-2-7-19-16/h2-5,7,9,13H,6,8,10H2,1H3. The first-order valence-corrected chi connectivity index (χ1v) is 10.0. The van der Waals surface area contributed by atoms with E-state index in [1.54, 1.807) is 31.3 Å². The first-order valence-electron chi connectivity index (χ1n) is 7.41. The molecule has 0 aliphatic carbocycles. The summed E-state index contributed by atoms with van der Waals surface area (Å²) in [6.45, 7) is 2.46. The van der Waals surface area contributed by atoms with Crippen molar-refractivity contribution in [3.63, 3.8) is 0 Å². The Morgan fingerprint density at radius 3 is 2.92 bits per heavy atom. The molecule has 1 saturated heterocycles. The molecule has 0 bridgehead atoms. The van der Waals surface area contributed by atoms with Crippen molar-refractivity contribution < 1.29 is 13.2 Å². The number of hydrogen-bond acceptors (Lipinski definition) is 4. The summed E-state index contributed by atoms with van der Waals surface area (Å²) in [4.78, 5) is 4.40. The van der Waals surface area contributed by atoms with Gasteiger partial charge in [0.15, 0.2) is 0 Å². The molecule has 1 aromatic heterocycles. The molecule has 0 saturated carbocycles. The van der Waals surface area contributed by atoms with Gasteiger partial charge in [0.05, 0.1) is 15.9 Å². The van der Waals surface area contributed by atoms with Gasteiger partial charge in [-0.1, -0.05) is 17.7 Å². The maximum atomic E-state index is 12.9. The Balaban J connectivity index is 1.77. The van der Waals surface area contributed by atoms with Crippen LogP contribution < -0.4 is 4.74 Å². The molecular weight excluding hydrogens is 416 g/mol. The Kier molecular flexibility index (Phi) is 5.15. The van der Waals surface area contributed by atoms with E-state index in [-0.39, 0.29) is 17.5 Å². The zero-order valence-corrected chi connectivity index (χ0v) is 16.1. The molecule has 0 N–H and O–H groups in total. The number of hydrogen-bond donors (Lipinski definition) is 0. The Morgan fingerprint density at radius 2 is 2.17 bits per heavy atom. The highest BCUT2D eigenvalue weighted by atomic mass is 79.9. The molecule has 1 unspecified atom stereocenters. The third-order valence-corrected chi connectivity index (χ3v) is 6.72. The summed E-state index contributed by atoms with van der Waals surface area (Å²) in [7, 11) is -3.59. The van der Waals surface area contributed by atoms with Gasteiger partial charge >= 0.3 is 0 Å². The van der Waals surface area contributed by atoms with E-state index in [4.69, 9.17) is 16.3 Å². The Hall–Kier alpha value is -1.15. The molecule has 8 heteroatoms. The molecule has 24 heavy (non-hydrogen) atoms. The first-order chi connectivity index (χ1) is 11.4. The predicted molar refractivity (Wildman–Crippen MR) is 95.9 cm³/mol. The van der Waals surface area contributed by atoms with Crippen LogP contribution in [0.2, 0.25) is 5.02 Å². The molecule has 1 aromatic carbocycles. The largest absolute Gasteiger partial charge is 0.472 e. The molecule has 1 atom stereocenters. The molecule has 1 aliphatic heterocycles. The van der Waals surface area contributed by atoms with E-state index in [9.17, 15) is 8.42 Å². The molecule has 0 radical (unpaired) electrons. The molecule has 1 fully saturated rings. The maximum Gasteiger partial charge on any atom is 0.243 e. The van der Waals surface area contributed by atoms with Crippen LogP contribution in [0.25, 0.3) is 0 Å². The average Bonchev–Trinajstić information content (AvgIpc) is 3.01. The van der Waals surface area contributed by atoms with Gasteiger partial charge in [-0.3, -0.25) is 0 Å². The molecular formula is C16H16BrClN2O3S. The van der Waals surface area contributed by atoms with Crippen molar-refractivity contribution in [3.8, 4) is 5.88 Å². The Labute approximate surface area is 154 Å². The summed E-state index contributed by atoms with van der Waals surface area (Å²) >= 11 is 9.34. The molecule has 2 aromatic rings. The normalized spacial score (nSPS) is 18.7. The second-order valence-electron chi connectivity index (χ2n) is 5.59. The monoisotopic (exact) mass is 430 g/mol. The van der Waals surface area contributed by atoms with Crippen molar-refractivity contribution in [2.45, 2.75) is 24.3 Å². The van der Waals surface area contributed by atoms with E-state index in [1.165, 1.54) is 10.4 Å². The van der Waals surface area contributed by atoms with E-state index in [2.05, 4.69) is 20.9 Å². The quantitative estimate of drug-likeness (QED) is 0.741. The van der Waals surface area contributed by atoms with Crippen molar-refractivity contribution in [1.29, 1.82) is 0 Å². The first kappa shape index (κ1) is 17.7. The van der Waals surface area contributed by atoms with E-state index >= 15 is 0 Å². The minimum Gasteiger partial charge on any atom is -0.472 e. The van der Waals surface area contributed by atoms with Crippen LogP contribution in [0.1, 0.15) is 12.0 Å². The van der Waals surface area contributed by atoms with E-state index in [1.807, 2.05) is 6.07 Å². The smallest absolute Gasteiger partial charge is 0.243 e. The van der Waals surface area contributed by atoms with Gasteiger partial charge < -0.3 is 4.74 Å². The third kappa shape index (κ3) is 3.59. The van der Waals surface area contributed by atoms with E-state index < -0.39 is 10.0 Å². The number of nitrogens with zero attached hydrogens (tertiary/aromatic N) is 2. The highest BCUT2D eigenvalue weighted by Crippen LogP contribution is 2.29. The van der Waals surface area contributed by atoms with Crippen LogP contribution in [-0.2, 0) is 10.0 Å². The van der Waals surface area contributed by atoms with Crippen LogP contribution in [0.3, 0.4) is 0 Å². The minimum absolute atomic E-state index is 0.231. The Morgan fingerprint density at radius 1 is 1.38 bits per heavy atom. The number of aromatic nitrogens is 1. The second kappa shape index (κ2) is 7.00. The van der Waals surface area contributed by atoms with Crippen molar-refractivity contribution in [3.05, 3.63) is 51.6 Å². The summed E-state index contributed by atoms with van der Waals surface area (Å²) in [5.74, 6) is 0.473. The summed E-state index contributed by atoms with van der Waals surface area (Å²) in [5.41, 5.74) is 0.677. The van der Waals surface area contributed by atoms with Gasteiger partial charge in [-0.05, 0) is 59.1 Å². The fourth-order valence-corrected chi connectivity index (χ4v) is 4.94. The molecule has 0 amide bonds. The SMILES string of the molecule is Cc1ccc(Cl)cc1S(=O)(=O)N1CCC(Oc2ncccc2Br)C1. The lowest BCUT2D eigenvalue weighted by atomic mass is 10.2. The number of sulfonamides is 1. The third-order valence-electron chi connectivity index (χ3n) is 3.88. The lowest BCUT2D eigenvalue weighted by Crippen LogP contribution is -2.31. The number of benzene rings is 1. The highest BCUT2D eigenvalue weighted by molar-refractivity contribution is 9.10. The van der Waals surface area contributed by atoms with Crippen molar-refractivity contribution in [1.82, 2.24) is 9.29 Å². The highest BCUT2D eigenvalue weighted by Gasteiger charge is 2.34. The van der Waals surface area contributed by atoms with Gasteiger partial charge in [-0.2, -0.15) is 4.31 Å². The Bertz CT molecular complexity index is 860. The van der Waals surface area contributed by atoms with Gasteiger partial charge in [0.2, 0.25) is 15.9 Å². The van der Waals surface area contributed by atoms with Crippen LogP contribution >= 0.6 is 27.5 Å². The lowest BCUT2D eigenvalue weighted by molar-refractivity contribution is 0.205. The summed E-state index contributed by atoms with van der Waals surface area (Å²) in [6.07, 6.45) is 2.02. The zero-order valence-electron chi connectivity index (χ0n) is 12.9. The lowest BCUT2D eigenvalue weighted by Gasteiger charge is -2.18. The fraction of sp³-hybridized carbons (Fsp3) is 0.312. The second-order valence-corrected chi connectivity index (χ2v) is 8.79. The number of ether oxygens (including phenoxy) is 1. The molecule has 2 heterocycles.